The van der Waals surface area contributed by atoms with Crippen LogP contribution in [0.25, 0.3) is 10.9 Å². The van der Waals surface area contributed by atoms with Gasteiger partial charge in [0.25, 0.3) is 0 Å². The molecule has 0 aliphatic rings. The summed E-state index contributed by atoms with van der Waals surface area (Å²) in [5.74, 6) is 0. The third-order valence-corrected chi connectivity index (χ3v) is 4.24. The predicted molar refractivity (Wildman–Crippen MR) is 90.5 cm³/mol. The van der Waals surface area contributed by atoms with Crippen molar-refractivity contribution in [1.29, 1.82) is 0 Å². The van der Waals surface area contributed by atoms with Gasteiger partial charge < -0.3 is 5.73 Å². The molecule has 3 aromatic rings. The Morgan fingerprint density at radius 1 is 1.29 bits per heavy atom. The first-order valence-corrected chi connectivity index (χ1v) is 7.84. The number of halogens is 2. The van der Waals surface area contributed by atoms with Crippen LogP contribution >= 0.6 is 27.5 Å². The van der Waals surface area contributed by atoms with Crippen molar-refractivity contribution in [1.82, 2.24) is 9.78 Å². The maximum atomic E-state index is 6.34. The van der Waals surface area contributed by atoms with Crippen molar-refractivity contribution in [3.05, 3.63) is 63.2 Å². The lowest BCUT2D eigenvalue weighted by Crippen LogP contribution is -2.14. The van der Waals surface area contributed by atoms with Crippen LogP contribution in [0.15, 0.2) is 46.9 Å². The zero-order chi connectivity index (χ0) is 15.0. The van der Waals surface area contributed by atoms with Gasteiger partial charge in [-0.3, -0.25) is 4.68 Å². The van der Waals surface area contributed by atoms with E-state index in [9.17, 15) is 0 Å². The van der Waals surface area contributed by atoms with Crippen LogP contribution in [-0.4, -0.2) is 9.78 Å². The molecule has 2 aromatic carbocycles. The molecule has 108 valence electrons. The van der Waals surface area contributed by atoms with Gasteiger partial charge in [0.1, 0.15) is 0 Å². The predicted octanol–water partition coefficient (Wildman–Crippen LogP) is 4.23. The molecule has 0 saturated heterocycles. The van der Waals surface area contributed by atoms with E-state index < -0.39 is 0 Å². The highest BCUT2D eigenvalue weighted by Gasteiger charge is 2.14. The Labute approximate surface area is 136 Å². The molecule has 1 heterocycles. The van der Waals surface area contributed by atoms with Crippen LogP contribution < -0.4 is 5.73 Å². The Kier molecular flexibility index (Phi) is 4.02. The van der Waals surface area contributed by atoms with Gasteiger partial charge in [-0.1, -0.05) is 45.7 Å². The highest BCUT2D eigenvalue weighted by atomic mass is 79.9. The van der Waals surface area contributed by atoms with Crippen LogP contribution in [0.5, 0.6) is 0 Å². The molecule has 0 aliphatic heterocycles. The molecule has 21 heavy (non-hydrogen) atoms. The standard InChI is InChI=1S/C16H15BrClN3/c1-21-16-5-3-2-4-13(16)15(20-21)9-14(19)10-6-11(17)8-12(18)7-10/h2-8,14H,9,19H2,1H3. The van der Waals surface area contributed by atoms with Gasteiger partial charge in [-0.05, 0) is 29.8 Å². The van der Waals surface area contributed by atoms with Crippen molar-refractivity contribution in [2.24, 2.45) is 12.8 Å². The van der Waals surface area contributed by atoms with Crippen molar-refractivity contribution < 1.29 is 0 Å². The first kappa shape index (κ1) is 14.6. The van der Waals surface area contributed by atoms with E-state index in [0.717, 1.165) is 26.6 Å². The smallest absolute Gasteiger partial charge is 0.0722 e. The summed E-state index contributed by atoms with van der Waals surface area (Å²) in [6, 6.07) is 13.8. The number of nitrogens with two attached hydrogens (primary N) is 1. The van der Waals surface area contributed by atoms with Gasteiger partial charge in [0, 0.05) is 34.4 Å². The lowest BCUT2D eigenvalue weighted by Gasteiger charge is -2.12. The Hall–Kier alpha value is -1.36. The molecule has 0 aliphatic carbocycles. The third kappa shape index (κ3) is 2.98. The van der Waals surface area contributed by atoms with Crippen LogP contribution in [0.4, 0.5) is 0 Å². The number of rotatable bonds is 3. The van der Waals surface area contributed by atoms with Gasteiger partial charge in [-0.25, -0.2) is 0 Å². The number of nitrogens with zero attached hydrogens (tertiary/aromatic N) is 2. The maximum Gasteiger partial charge on any atom is 0.0722 e. The average Bonchev–Trinajstić information content (AvgIpc) is 2.75. The third-order valence-electron chi connectivity index (χ3n) is 3.56. The second kappa shape index (κ2) is 5.79. The summed E-state index contributed by atoms with van der Waals surface area (Å²) >= 11 is 9.54. The summed E-state index contributed by atoms with van der Waals surface area (Å²) in [6.45, 7) is 0. The molecule has 2 N–H and O–H groups in total. The molecule has 0 fully saturated rings. The van der Waals surface area contributed by atoms with Crippen LogP contribution in [0.2, 0.25) is 5.02 Å². The van der Waals surface area contributed by atoms with Crippen LogP contribution in [0, 0.1) is 0 Å². The summed E-state index contributed by atoms with van der Waals surface area (Å²) in [5.41, 5.74) is 9.47. The summed E-state index contributed by atoms with van der Waals surface area (Å²) in [5, 5.41) is 6.42. The van der Waals surface area contributed by atoms with E-state index in [4.69, 9.17) is 17.3 Å². The number of fused-ring (bicyclic) bond motifs is 1. The minimum absolute atomic E-state index is 0.140. The number of benzene rings is 2. The minimum Gasteiger partial charge on any atom is -0.324 e. The summed E-state index contributed by atoms with van der Waals surface area (Å²) in [4.78, 5) is 0. The first-order chi connectivity index (χ1) is 10.0. The van der Waals surface area contributed by atoms with E-state index in [1.165, 1.54) is 0 Å². The fraction of sp³-hybridized carbons (Fsp3) is 0.188. The Morgan fingerprint density at radius 3 is 2.81 bits per heavy atom. The lowest BCUT2D eigenvalue weighted by molar-refractivity contribution is 0.682. The summed E-state index contributed by atoms with van der Waals surface area (Å²) < 4.78 is 2.83. The monoisotopic (exact) mass is 363 g/mol. The molecule has 1 aromatic heterocycles. The van der Waals surface area contributed by atoms with Crippen LogP contribution in [0.1, 0.15) is 17.3 Å². The maximum absolute atomic E-state index is 6.34. The van der Waals surface area contributed by atoms with E-state index in [2.05, 4.69) is 33.2 Å². The van der Waals surface area contributed by atoms with Gasteiger partial charge in [0.2, 0.25) is 0 Å². The fourth-order valence-corrected chi connectivity index (χ4v) is 3.44. The Morgan fingerprint density at radius 2 is 2.05 bits per heavy atom. The molecular weight excluding hydrogens is 350 g/mol. The number of hydrogen-bond donors (Lipinski definition) is 1. The van der Waals surface area contributed by atoms with E-state index in [1.54, 1.807) is 0 Å². The average molecular weight is 365 g/mol. The molecule has 3 nitrogen and oxygen atoms in total. The van der Waals surface area contributed by atoms with Crippen molar-refractivity contribution >= 4 is 38.4 Å². The molecule has 0 spiro atoms. The van der Waals surface area contributed by atoms with Gasteiger partial charge in [0.15, 0.2) is 0 Å². The van der Waals surface area contributed by atoms with Gasteiger partial charge in [-0.2, -0.15) is 5.10 Å². The molecular formula is C16H15BrClN3. The molecule has 0 radical (unpaired) electrons. The first-order valence-electron chi connectivity index (χ1n) is 6.67. The van der Waals surface area contributed by atoms with Crippen molar-refractivity contribution in [2.45, 2.75) is 12.5 Å². The second-order valence-corrected chi connectivity index (χ2v) is 6.45. The second-order valence-electron chi connectivity index (χ2n) is 5.10. The van der Waals surface area contributed by atoms with Crippen molar-refractivity contribution in [2.75, 3.05) is 0 Å². The van der Waals surface area contributed by atoms with Gasteiger partial charge >= 0.3 is 0 Å². The molecule has 5 heteroatoms. The topological polar surface area (TPSA) is 43.8 Å². The number of aryl methyl sites for hydroxylation is 1. The highest BCUT2D eigenvalue weighted by Crippen LogP contribution is 2.26. The van der Waals surface area contributed by atoms with Gasteiger partial charge in [-0.15, -0.1) is 0 Å². The highest BCUT2D eigenvalue weighted by molar-refractivity contribution is 9.10. The van der Waals surface area contributed by atoms with Crippen LogP contribution in [0.3, 0.4) is 0 Å². The zero-order valence-electron chi connectivity index (χ0n) is 11.6. The van der Waals surface area contributed by atoms with E-state index in [0.29, 0.717) is 11.4 Å². The lowest BCUT2D eigenvalue weighted by atomic mass is 10.0. The van der Waals surface area contributed by atoms with Gasteiger partial charge in [0.05, 0.1) is 11.2 Å². The number of para-hydroxylation sites is 1. The summed E-state index contributed by atoms with van der Waals surface area (Å²) in [7, 11) is 1.95. The van der Waals surface area contributed by atoms with Crippen molar-refractivity contribution in [3.8, 4) is 0 Å². The molecule has 0 bridgehead atoms. The normalized spacial score (nSPS) is 12.8. The van der Waals surface area contributed by atoms with E-state index in [1.807, 2.05) is 42.1 Å². The molecule has 3 rings (SSSR count). The quantitative estimate of drug-likeness (QED) is 0.755. The number of aromatic nitrogens is 2. The molecule has 0 amide bonds. The van der Waals surface area contributed by atoms with Crippen molar-refractivity contribution in [3.63, 3.8) is 0 Å². The fourth-order valence-electron chi connectivity index (χ4n) is 2.55. The molecule has 1 unspecified atom stereocenters. The Bertz CT molecular complexity index is 777. The van der Waals surface area contributed by atoms with Crippen LogP contribution in [-0.2, 0) is 13.5 Å². The molecule has 1 atom stereocenters. The zero-order valence-corrected chi connectivity index (χ0v) is 13.9. The molecule has 0 saturated carbocycles. The minimum atomic E-state index is -0.140. The largest absolute Gasteiger partial charge is 0.324 e. The van der Waals surface area contributed by atoms with E-state index in [-0.39, 0.29) is 6.04 Å². The SMILES string of the molecule is Cn1nc(CC(N)c2cc(Cl)cc(Br)c2)c2ccccc21. The number of hydrogen-bond acceptors (Lipinski definition) is 2. The van der Waals surface area contributed by atoms with E-state index >= 15 is 0 Å². The Balaban J connectivity index is 1.94. The summed E-state index contributed by atoms with van der Waals surface area (Å²) in [6.07, 6.45) is 0.675.